The van der Waals surface area contributed by atoms with Crippen LogP contribution in [0, 0.1) is 0 Å². The molecule has 0 fully saturated rings. The highest BCUT2D eigenvalue weighted by Crippen LogP contribution is 2.34. The van der Waals surface area contributed by atoms with E-state index in [1.54, 1.807) is 18.4 Å². The van der Waals surface area contributed by atoms with Crippen LogP contribution in [-0.2, 0) is 4.74 Å². The lowest BCUT2D eigenvalue weighted by Crippen LogP contribution is -2.05. The van der Waals surface area contributed by atoms with Crippen molar-refractivity contribution in [2.45, 2.75) is 6.92 Å². The number of carbonyl (C=O) groups excluding carboxylic acids is 1. The van der Waals surface area contributed by atoms with Gasteiger partial charge < -0.3 is 10.1 Å². The molecule has 0 aliphatic carbocycles. The zero-order valence-electron chi connectivity index (χ0n) is 10.2. The van der Waals surface area contributed by atoms with Gasteiger partial charge in [-0.25, -0.2) is 9.78 Å². The zero-order chi connectivity index (χ0) is 14.7. The molecule has 4 nitrogen and oxygen atoms in total. The molecule has 106 valence electrons. The van der Waals surface area contributed by atoms with Crippen LogP contribution in [0.1, 0.15) is 17.4 Å². The van der Waals surface area contributed by atoms with Gasteiger partial charge in [-0.2, -0.15) is 0 Å². The van der Waals surface area contributed by atoms with Gasteiger partial charge in [-0.1, -0.05) is 34.8 Å². The van der Waals surface area contributed by atoms with E-state index in [1.165, 1.54) is 17.4 Å². The van der Waals surface area contributed by atoms with Crippen LogP contribution in [0.25, 0.3) is 0 Å². The summed E-state index contributed by atoms with van der Waals surface area (Å²) in [5, 5.41) is 6.25. The van der Waals surface area contributed by atoms with Crippen molar-refractivity contribution in [2.24, 2.45) is 0 Å². The van der Waals surface area contributed by atoms with E-state index in [2.05, 4.69) is 10.3 Å². The fourth-order valence-corrected chi connectivity index (χ4v) is 2.65. The quantitative estimate of drug-likeness (QED) is 0.620. The Morgan fingerprint density at radius 1 is 1.30 bits per heavy atom. The van der Waals surface area contributed by atoms with Gasteiger partial charge in [0, 0.05) is 5.38 Å². The molecule has 2 rings (SSSR count). The molecule has 0 atom stereocenters. The minimum Gasteiger partial charge on any atom is -0.461 e. The van der Waals surface area contributed by atoms with Gasteiger partial charge in [-0.3, -0.25) is 0 Å². The Kier molecular flexibility index (Phi) is 5.10. The first-order valence-corrected chi connectivity index (χ1v) is 7.56. The Labute approximate surface area is 134 Å². The summed E-state index contributed by atoms with van der Waals surface area (Å²) in [6.45, 7) is 2.04. The van der Waals surface area contributed by atoms with Crippen molar-refractivity contribution >= 4 is 62.9 Å². The fraction of sp³-hybridized carbons (Fsp3) is 0.167. The molecule has 0 amide bonds. The number of halogens is 3. The highest BCUT2D eigenvalue weighted by atomic mass is 35.5. The average molecular weight is 352 g/mol. The van der Waals surface area contributed by atoms with Crippen LogP contribution in [0.4, 0.5) is 10.8 Å². The van der Waals surface area contributed by atoms with Crippen molar-refractivity contribution in [3.05, 3.63) is 38.3 Å². The lowest BCUT2D eigenvalue weighted by Gasteiger charge is -2.06. The van der Waals surface area contributed by atoms with Crippen LogP contribution in [0.3, 0.4) is 0 Å². The van der Waals surface area contributed by atoms with E-state index in [0.717, 1.165) is 0 Å². The minimum atomic E-state index is -0.461. The third-order valence-corrected chi connectivity index (χ3v) is 4.03. The Morgan fingerprint density at radius 3 is 2.70 bits per heavy atom. The van der Waals surface area contributed by atoms with Crippen molar-refractivity contribution in [1.82, 2.24) is 4.98 Å². The number of nitrogens with one attached hydrogen (secondary N) is 1. The van der Waals surface area contributed by atoms with Crippen molar-refractivity contribution in [3.63, 3.8) is 0 Å². The van der Waals surface area contributed by atoms with Crippen molar-refractivity contribution in [1.29, 1.82) is 0 Å². The summed E-state index contributed by atoms with van der Waals surface area (Å²) in [6, 6.07) is 3.13. The molecule has 0 saturated heterocycles. The number of hydrogen-bond acceptors (Lipinski definition) is 5. The maximum absolute atomic E-state index is 11.5. The third kappa shape index (κ3) is 3.55. The van der Waals surface area contributed by atoms with Gasteiger partial charge in [0.2, 0.25) is 0 Å². The minimum absolute atomic E-state index is 0.246. The van der Waals surface area contributed by atoms with E-state index < -0.39 is 5.97 Å². The molecule has 1 N–H and O–H groups in total. The lowest BCUT2D eigenvalue weighted by molar-refractivity contribution is 0.0520. The SMILES string of the molecule is CCOC(=O)c1csc(Nc2cc(Cl)c(Cl)cc2Cl)n1. The van der Waals surface area contributed by atoms with Gasteiger partial charge in [0.05, 0.1) is 27.4 Å². The Hall–Kier alpha value is -1.01. The number of nitrogens with zero attached hydrogens (tertiary/aromatic N) is 1. The zero-order valence-corrected chi connectivity index (χ0v) is 13.3. The van der Waals surface area contributed by atoms with Crippen molar-refractivity contribution < 1.29 is 9.53 Å². The highest BCUT2D eigenvalue weighted by Gasteiger charge is 2.13. The second kappa shape index (κ2) is 6.63. The number of esters is 1. The maximum atomic E-state index is 11.5. The first-order valence-electron chi connectivity index (χ1n) is 5.55. The summed E-state index contributed by atoms with van der Waals surface area (Å²) in [5.74, 6) is -0.461. The van der Waals surface area contributed by atoms with Crippen LogP contribution in [0.5, 0.6) is 0 Å². The van der Waals surface area contributed by atoms with Crippen LogP contribution in [-0.4, -0.2) is 17.6 Å². The molecule has 0 saturated carbocycles. The number of ether oxygens (including phenoxy) is 1. The van der Waals surface area contributed by atoms with E-state index >= 15 is 0 Å². The number of benzene rings is 1. The number of aromatic nitrogens is 1. The van der Waals surface area contributed by atoms with Gasteiger partial charge in [0.1, 0.15) is 0 Å². The number of rotatable bonds is 4. The molecule has 8 heteroatoms. The molecule has 0 aliphatic heterocycles. The molecule has 20 heavy (non-hydrogen) atoms. The number of anilines is 2. The average Bonchev–Trinajstić information content (AvgIpc) is 2.85. The molecule has 2 aromatic rings. The normalized spacial score (nSPS) is 10.4. The Balaban J connectivity index is 2.19. The molecule has 1 aromatic heterocycles. The molecule has 1 heterocycles. The topological polar surface area (TPSA) is 51.2 Å². The van der Waals surface area contributed by atoms with E-state index in [0.29, 0.717) is 32.5 Å². The largest absolute Gasteiger partial charge is 0.461 e. The van der Waals surface area contributed by atoms with E-state index in [9.17, 15) is 4.79 Å². The monoisotopic (exact) mass is 350 g/mol. The number of carbonyl (C=O) groups is 1. The fourth-order valence-electron chi connectivity index (χ4n) is 1.36. The molecule has 1 aromatic carbocycles. The molecular formula is C12H9Cl3N2O2S. The number of hydrogen-bond donors (Lipinski definition) is 1. The van der Waals surface area contributed by atoms with Crippen LogP contribution >= 0.6 is 46.1 Å². The summed E-state index contributed by atoms with van der Waals surface area (Å²) >= 11 is 19.1. The lowest BCUT2D eigenvalue weighted by atomic mass is 10.3. The maximum Gasteiger partial charge on any atom is 0.357 e. The Morgan fingerprint density at radius 2 is 2.00 bits per heavy atom. The predicted molar refractivity (Wildman–Crippen MR) is 82.8 cm³/mol. The molecule has 0 aliphatic rings. The van der Waals surface area contributed by atoms with Gasteiger partial charge in [0.15, 0.2) is 10.8 Å². The smallest absolute Gasteiger partial charge is 0.357 e. The highest BCUT2D eigenvalue weighted by molar-refractivity contribution is 7.14. The molecule has 0 radical (unpaired) electrons. The summed E-state index contributed by atoms with van der Waals surface area (Å²) < 4.78 is 4.86. The second-order valence-corrected chi connectivity index (χ2v) is 5.71. The van der Waals surface area contributed by atoms with Crippen LogP contribution in [0.15, 0.2) is 17.5 Å². The summed E-state index contributed by atoms with van der Waals surface area (Å²) in [6.07, 6.45) is 0. The van der Waals surface area contributed by atoms with Crippen molar-refractivity contribution in [3.8, 4) is 0 Å². The molecule has 0 spiro atoms. The van der Waals surface area contributed by atoms with E-state index in [1.807, 2.05) is 0 Å². The summed E-state index contributed by atoms with van der Waals surface area (Å²) in [7, 11) is 0. The van der Waals surface area contributed by atoms with E-state index in [4.69, 9.17) is 39.5 Å². The van der Waals surface area contributed by atoms with Crippen molar-refractivity contribution in [2.75, 3.05) is 11.9 Å². The van der Waals surface area contributed by atoms with Gasteiger partial charge in [-0.15, -0.1) is 11.3 Å². The molecule has 0 bridgehead atoms. The standard InChI is InChI=1S/C12H9Cl3N2O2S/c1-2-19-11(18)10-5-20-12(17-10)16-9-4-7(14)6(13)3-8(9)15/h3-5H,2H2,1H3,(H,16,17). The number of thiazole rings is 1. The van der Waals surface area contributed by atoms with E-state index in [-0.39, 0.29) is 5.69 Å². The first kappa shape index (κ1) is 15.4. The summed E-state index contributed by atoms with van der Waals surface area (Å²) in [4.78, 5) is 15.6. The third-order valence-electron chi connectivity index (χ3n) is 2.24. The summed E-state index contributed by atoms with van der Waals surface area (Å²) in [5.41, 5.74) is 0.807. The van der Waals surface area contributed by atoms with Crippen LogP contribution in [0.2, 0.25) is 15.1 Å². The van der Waals surface area contributed by atoms with Gasteiger partial charge in [-0.05, 0) is 19.1 Å². The second-order valence-electron chi connectivity index (χ2n) is 3.63. The first-order chi connectivity index (χ1) is 9.51. The molecular weight excluding hydrogens is 343 g/mol. The Bertz CT molecular complexity index is 646. The van der Waals surface area contributed by atoms with Crippen LogP contribution < -0.4 is 5.32 Å². The van der Waals surface area contributed by atoms with Gasteiger partial charge in [0.25, 0.3) is 0 Å². The predicted octanol–water partition coefficient (Wildman–Crippen LogP) is 5.02. The van der Waals surface area contributed by atoms with Gasteiger partial charge >= 0.3 is 5.97 Å². The molecule has 0 unspecified atom stereocenters.